The average Bonchev–Trinajstić information content (AvgIpc) is 3.03. The number of aromatic nitrogens is 2. The van der Waals surface area contributed by atoms with Gasteiger partial charge in [-0.05, 0) is 67.9 Å². The van der Waals surface area contributed by atoms with E-state index in [1.165, 1.54) is 49.9 Å². The van der Waals surface area contributed by atoms with Crippen LogP contribution in [-0.4, -0.2) is 15.4 Å². The van der Waals surface area contributed by atoms with Gasteiger partial charge in [0.1, 0.15) is 11.7 Å². The maximum absolute atomic E-state index is 7.66. The molecule has 4 heteroatoms. The van der Waals surface area contributed by atoms with Crippen LogP contribution in [0.3, 0.4) is 0 Å². The van der Waals surface area contributed by atoms with Gasteiger partial charge in [0, 0.05) is 29.9 Å². The maximum atomic E-state index is 7.66. The molecule has 1 aromatic heterocycles. The molecule has 4 aliphatic rings. The fourth-order valence-corrected chi connectivity index (χ4v) is 6.32. The van der Waals surface area contributed by atoms with Crippen molar-refractivity contribution in [2.75, 3.05) is 0 Å². The first-order chi connectivity index (χ1) is 12.1. The summed E-state index contributed by atoms with van der Waals surface area (Å²) in [5.41, 5.74) is 7.96. The third-order valence-electron chi connectivity index (χ3n) is 6.82. The normalized spacial score (nSPS) is 32.9. The monoisotopic (exact) mass is 334 g/mol. The van der Waals surface area contributed by atoms with Crippen molar-refractivity contribution < 1.29 is 0 Å². The topological polar surface area (TPSA) is 67.7 Å². The SMILES string of the molecule is N=C(N)c1cccc(Cn2ccnc2C23CC4CC(CC(C4)C2)C3)c1. The number of nitrogen functional groups attached to an aromatic ring is 1. The number of hydrogen-bond donors (Lipinski definition) is 2. The molecule has 6 rings (SSSR count). The zero-order valence-corrected chi connectivity index (χ0v) is 14.6. The van der Waals surface area contributed by atoms with Crippen molar-refractivity contribution in [3.05, 3.63) is 53.6 Å². The summed E-state index contributed by atoms with van der Waals surface area (Å²) in [6.07, 6.45) is 12.5. The van der Waals surface area contributed by atoms with Crippen molar-refractivity contribution in [2.45, 2.75) is 50.5 Å². The molecule has 4 aliphatic carbocycles. The van der Waals surface area contributed by atoms with Crippen molar-refractivity contribution >= 4 is 5.84 Å². The second-order valence-corrected chi connectivity index (χ2v) is 8.69. The molecule has 0 unspecified atom stereocenters. The van der Waals surface area contributed by atoms with Gasteiger partial charge in [0.25, 0.3) is 0 Å². The quantitative estimate of drug-likeness (QED) is 0.661. The molecule has 3 N–H and O–H groups in total. The standard InChI is InChI=1S/C21H26N4/c22-19(23)18-3-1-2-14(9-18)13-25-5-4-24-20(25)21-10-15-6-16(11-21)8-17(7-15)12-21/h1-5,9,15-17H,6-8,10-13H2,(H3,22,23). The van der Waals surface area contributed by atoms with E-state index < -0.39 is 0 Å². The Morgan fingerprint density at radius 2 is 1.84 bits per heavy atom. The summed E-state index contributed by atoms with van der Waals surface area (Å²) in [4.78, 5) is 4.86. The first kappa shape index (κ1) is 15.2. The van der Waals surface area contributed by atoms with Crippen molar-refractivity contribution in [2.24, 2.45) is 23.5 Å². The number of amidine groups is 1. The zero-order valence-electron chi connectivity index (χ0n) is 14.6. The zero-order chi connectivity index (χ0) is 17.0. The molecule has 4 nitrogen and oxygen atoms in total. The summed E-state index contributed by atoms with van der Waals surface area (Å²) in [5.74, 6) is 4.22. The number of nitrogens with zero attached hydrogens (tertiary/aromatic N) is 2. The van der Waals surface area contributed by atoms with Crippen LogP contribution >= 0.6 is 0 Å². The van der Waals surface area contributed by atoms with Crippen molar-refractivity contribution in [3.8, 4) is 0 Å². The van der Waals surface area contributed by atoms with E-state index in [1.807, 2.05) is 24.4 Å². The van der Waals surface area contributed by atoms with E-state index in [0.717, 1.165) is 29.9 Å². The van der Waals surface area contributed by atoms with E-state index in [-0.39, 0.29) is 5.84 Å². The number of benzene rings is 1. The van der Waals surface area contributed by atoms with E-state index >= 15 is 0 Å². The van der Waals surface area contributed by atoms with Crippen LogP contribution in [0.15, 0.2) is 36.7 Å². The lowest BCUT2D eigenvalue weighted by molar-refractivity contribution is -0.0108. The van der Waals surface area contributed by atoms with Gasteiger partial charge in [-0.25, -0.2) is 4.98 Å². The minimum absolute atomic E-state index is 0.133. The van der Waals surface area contributed by atoms with Crippen LogP contribution in [0, 0.1) is 23.2 Å². The molecule has 0 atom stereocenters. The lowest BCUT2D eigenvalue weighted by atomic mass is 9.49. The molecule has 4 fully saturated rings. The summed E-state index contributed by atoms with van der Waals surface area (Å²) in [5, 5.41) is 7.66. The third kappa shape index (κ3) is 2.50. The largest absolute Gasteiger partial charge is 0.384 e. The second kappa shape index (κ2) is 5.45. The molecule has 0 radical (unpaired) electrons. The van der Waals surface area contributed by atoms with Gasteiger partial charge in [0.2, 0.25) is 0 Å². The number of nitrogens with one attached hydrogen (secondary N) is 1. The Morgan fingerprint density at radius 1 is 1.16 bits per heavy atom. The minimum atomic E-state index is 0.133. The van der Waals surface area contributed by atoms with Crippen LogP contribution in [0.1, 0.15) is 55.5 Å². The Labute approximate surface area is 149 Å². The summed E-state index contributed by atoms with van der Waals surface area (Å²) in [7, 11) is 0. The van der Waals surface area contributed by atoms with Gasteiger partial charge >= 0.3 is 0 Å². The van der Waals surface area contributed by atoms with Crippen LogP contribution in [-0.2, 0) is 12.0 Å². The summed E-state index contributed by atoms with van der Waals surface area (Å²) >= 11 is 0. The number of nitrogens with two attached hydrogens (primary N) is 1. The highest BCUT2D eigenvalue weighted by atomic mass is 15.1. The third-order valence-corrected chi connectivity index (χ3v) is 6.82. The van der Waals surface area contributed by atoms with Gasteiger partial charge in [-0.15, -0.1) is 0 Å². The molecule has 0 amide bonds. The van der Waals surface area contributed by atoms with Gasteiger partial charge in [-0.3, -0.25) is 5.41 Å². The summed E-state index contributed by atoms with van der Waals surface area (Å²) in [6, 6.07) is 8.05. The van der Waals surface area contributed by atoms with Gasteiger partial charge < -0.3 is 10.3 Å². The predicted molar refractivity (Wildman–Crippen MR) is 98.6 cm³/mol. The molecule has 1 aromatic carbocycles. The Kier molecular flexibility index (Phi) is 3.31. The fraction of sp³-hybridized carbons (Fsp3) is 0.524. The van der Waals surface area contributed by atoms with Crippen LogP contribution in [0.2, 0.25) is 0 Å². The Morgan fingerprint density at radius 3 is 2.48 bits per heavy atom. The molecule has 25 heavy (non-hydrogen) atoms. The maximum Gasteiger partial charge on any atom is 0.122 e. The van der Waals surface area contributed by atoms with E-state index in [2.05, 4.69) is 16.8 Å². The first-order valence-electron chi connectivity index (χ1n) is 9.56. The molecule has 130 valence electrons. The molecule has 1 heterocycles. The van der Waals surface area contributed by atoms with Crippen LogP contribution < -0.4 is 5.73 Å². The van der Waals surface area contributed by atoms with E-state index in [0.29, 0.717) is 5.41 Å². The van der Waals surface area contributed by atoms with Crippen LogP contribution in [0.5, 0.6) is 0 Å². The highest BCUT2D eigenvalue weighted by Gasteiger charge is 2.53. The molecule has 4 bridgehead atoms. The van der Waals surface area contributed by atoms with E-state index in [4.69, 9.17) is 16.1 Å². The highest BCUT2D eigenvalue weighted by Crippen LogP contribution is 2.60. The van der Waals surface area contributed by atoms with E-state index in [9.17, 15) is 0 Å². The molecular weight excluding hydrogens is 308 g/mol. The predicted octanol–water partition coefficient (Wildman–Crippen LogP) is 3.68. The molecule has 0 aliphatic heterocycles. The fourth-order valence-electron chi connectivity index (χ4n) is 6.32. The minimum Gasteiger partial charge on any atom is -0.384 e. The Bertz CT molecular complexity index is 784. The van der Waals surface area contributed by atoms with Gasteiger partial charge in [0.15, 0.2) is 0 Å². The molecular formula is C21H26N4. The molecule has 0 saturated heterocycles. The molecule has 4 saturated carbocycles. The van der Waals surface area contributed by atoms with Gasteiger partial charge in [-0.2, -0.15) is 0 Å². The lowest BCUT2D eigenvalue weighted by Crippen LogP contribution is -2.49. The highest BCUT2D eigenvalue weighted by molar-refractivity contribution is 5.95. The Hall–Kier alpha value is -2.10. The van der Waals surface area contributed by atoms with Gasteiger partial charge in [0.05, 0.1) is 0 Å². The van der Waals surface area contributed by atoms with E-state index in [1.54, 1.807) is 0 Å². The van der Waals surface area contributed by atoms with Crippen LogP contribution in [0.4, 0.5) is 0 Å². The smallest absolute Gasteiger partial charge is 0.122 e. The van der Waals surface area contributed by atoms with Crippen molar-refractivity contribution in [1.29, 1.82) is 5.41 Å². The number of imidazole rings is 1. The Balaban J connectivity index is 1.47. The summed E-state index contributed by atoms with van der Waals surface area (Å²) in [6.45, 7) is 0.818. The van der Waals surface area contributed by atoms with Crippen molar-refractivity contribution in [3.63, 3.8) is 0 Å². The van der Waals surface area contributed by atoms with Crippen LogP contribution in [0.25, 0.3) is 0 Å². The summed E-state index contributed by atoms with van der Waals surface area (Å²) < 4.78 is 2.35. The average molecular weight is 334 g/mol. The lowest BCUT2D eigenvalue weighted by Gasteiger charge is -2.56. The molecule has 2 aromatic rings. The van der Waals surface area contributed by atoms with Gasteiger partial charge in [-0.1, -0.05) is 18.2 Å². The molecule has 0 spiro atoms. The second-order valence-electron chi connectivity index (χ2n) is 8.69. The number of hydrogen-bond acceptors (Lipinski definition) is 2. The first-order valence-corrected chi connectivity index (χ1v) is 9.56. The number of rotatable bonds is 4. The van der Waals surface area contributed by atoms with Crippen molar-refractivity contribution in [1.82, 2.24) is 9.55 Å².